The first-order valence-corrected chi connectivity index (χ1v) is 11.1. The van der Waals surface area contributed by atoms with Crippen molar-refractivity contribution in [2.75, 3.05) is 13.1 Å². The Kier molecular flexibility index (Phi) is 5.72. The van der Waals surface area contributed by atoms with Gasteiger partial charge < -0.3 is 0 Å². The highest BCUT2D eigenvalue weighted by molar-refractivity contribution is 7.89. The van der Waals surface area contributed by atoms with Gasteiger partial charge in [-0.1, -0.05) is 26.8 Å². The lowest BCUT2D eigenvalue weighted by Crippen LogP contribution is -2.30. The molecular formula is C20H29N3O3S. The van der Waals surface area contributed by atoms with Gasteiger partial charge in [0.25, 0.3) is 5.91 Å². The number of carbonyl (C=O) groups excluding carboxylic acids is 1. The number of hydrogen-bond donors (Lipinski definition) is 1. The highest BCUT2D eigenvalue weighted by atomic mass is 32.2. The minimum Gasteiger partial charge on any atom is -0.267 e. The number of hydrogen-bond acceptors (Lipinski definition) is 4. The van der Waals surface area contributed by atoms with Crippen LogP contribution in [0.25, 0.3) is 0 Å². The van der Waals surface area contributed by atoms with Crippen molar-refractivity contribution in [3.05, 3.63) is 29.8 Å². The van der Waals surface area contributed by atoms with Crippen LogP contribution >= 0.6 is 0 Å². The van der Waals surface area contributed by atoms with Gasteiger partial charge in [-0.3, -0.25) is 4.79 Å². The van der Waals surface area contributed by atoms with Crippen molar-refractivity contribution in [2.24, 2.45) is 16.4 Å². The standard InChI is InChI=1S/C20H29N3O3S/c1-15-11-17(14-20(2,3)13-15)21-22-19(24)16-7-6-8-18(12-16)27(25,26)23-9-4-5-10-23/h6-8,12,15H,4-5,9-11,13-14H2,1-3H3,(H,22,24)/b21-17+. The highest BCUT2D eigenvalue weighted by Gasteiger charge is 2.30. The molecule has 0 aromatic heterocycles. The monoisotopic (exact) mass is 391 g/mol. The maximum atomic E-state index is 12.7. The quantitative estimate of drug-likeness (QED) is 0.799. The van der Waals surface area contributed by atoms with Gasteiger partial charge in [-0.2, -0.15) is 9.41 Å². The SMILES string of the molecule is CC1C/C(=N\NC(=O)c2cccc(S(=O)(=O)N3CCCC3)c2)CC(C)(C)C1. The lowest BCUT2D eigenvalue weighted by atomic mass is 9.72. The fourth-order valence-corrected chi connectivity index (χ4v) is 5.83. The molecule has 1 aliphatic heterocycles. The number of nitrogens with one attached hydrogen (secondary N) is 1. The van der Waals surface area contributed by atoms with Gasteiger partial charge in [0, 0.05) is 24.4 Å². The largest absolute Gasteiger partial charge is 0.271 e. The Morgan fingerprint density at radius 3 is 2.63 bits per heavy atom. The predicted molar refractivity (Wildman–Crippen MR) is 106 cm³/mol. The zero-order chi connectivity index (χ0) is 19.7. The number of carbonyl (C=O) groups is 1. The molecule has 7 heteroatoms. The van der Waals surface area contributed by atoms with Crippen LogP contribution in [-0.2, 0) is 10.0 Å². The number of rotatable bonds is 4. The maximum absolute atomic E-state index is 12.7. The molecule has 0 radical (unpaired) electrons. The van der Waals surface area contributed by atoms with Gasteiger partial charge in [-0.15, -0.1) is 0 Å². The average Bonchev–Trinajstić information content (AvgIpc) is 3.13. The van der Waals surface area contributed by atoms with Gasteiger partial charge in [-0.05, 0) is 61.6 Å². The molecule has 1 amide bonds. The van der Waals surface area contributed by atoms with Gasteiger partial charge >= 0.3 is 0 Å². The zero-order valence-corrected chi connectivity index (χ0v) is 17.2. The first-order valence-electron chi connectivity index (χ1n) is 9.63. The molecule has 1 aromatic rings. The van der Waals surface area contributed by atoms with Gasteiger partial charge in [0.15, 0.2) is 0 Å². The van der Waals surface area contributed by atoms with E-state index in [2.05, 4.69) is 31.3 Å². The van der Waals surface area contributed by atoms with E-state index in [1.807, 2.05) is 0 Å². The van der Waals surface area contributed by atoms with Gasteiger partial charge in [0.05, 0.1) is 4.90 Å². The summed E-state index contributed by atoms with van der Waals surface area (Å²) in [6.45, 7) is 7.71. The maximum Gasteiger partial charge on any atom is 0.271 e. The van der Waals surface area contributed by atoms with Crippen LogP contribution in [0.3, 0.4) is 0 Å². The first-order chi connectivity index (χ1) is 12.7. The second-order valence-corrected chi connectivity index (χ2v) is 10.6. The third-order valence-electron chi connectivity index (χ3n) is 5.28. The summed E-state index contributed by atoms with van der Waals surface area (Å²) in [5.41, 5.74) is 4.10. The molecule has 27 heavy (non-hydrogen) atoms. The third-order valence-corrected chi connectivity index (χ3v) is 7.18. The fourth-order valence-electron chi connectivity index (χ4n) is 4.27. The second kappa shape index (κ2) is 7.72. The zero-order valence-electron chi connectivity index (χ0n) is 16.4. The molecule has 148 valence electrons. The lowest BCUT2D eigenvalue weighted by molar-refractivity contribution is 0.0953. The number of sulfonamides is 1. The molecule has 0 spiro atoms. The van der Waals surface area contributed by atoms with E-state index in [1.54, 1.807) is 18.2 Å². The number of benzene rings is 1. The summed E-state index contributed by atoms with van der Waals surface area (Å²) < 4.78 is 26.9. The van der Waals surface area contributed by atoms with Crippen LogP contribution in [-0.4, -0.2) is 37.4 Å². The van der Waals surface area contributed by atoms with Crippen LogP contribution < -0.4 is 5.43 Å². The normalized spacial score (nSPS) is 24.9. The smallest absolute Gasteiger partial charge is 0.267 e. The summed E-state index contributed by atoms with van der Waals surface area (Å²) in [5, 5.41) is 4.33. The molecule has 1 saturated heterocycles. The molecule has 2 fully saturated rings. The molecule has 2 aliphatic rings. The van der Waals surface area contributed by atoms with Crippen molar-refractivity contribution in [3.63, 3.8) is 0 Å². The van der Waals surface area contributed by atoms with Crippen LogP contribution in [0.15, 0.2) is 34.3 Å². The van der Waals surface area contributed by atoms with Gasteiger partial charge in [-0.25, -0.2) is 13.8 Å². The molecule has 1 heterocycles. The Hall–Kier alpha value is -1.73. The molecule has 1 atom stereocenters. The minimum absolute atomic E-state index is 0.164. The topological polar surface area (TPSA) is 78.8 Å². The van der Waals surface area contributed by atoms with E-state index in [0.717, 1.165) is 37.8 Å². The Morgan fingerprint density at radius 1 is 1.26 bits per heavy atom. The minimum atomic E-state index is -3.54. The van der Waals surface area contributed by atoms with Crippen LogP contribution in [0, 0.1) is 11.3 Å². The fraction of sp³-hybridized carbons (Fsp3) is 0.600. The Labute approximate surface area is 162 Å². The van der Waals surface area contributed by atoms with Crippen molar-refractivity contribution in [1.29, 1.82) is 0 Å². The molecule has 1 unspecified atom stereocenters. The van der Waals surface area contributed by atoms with E-state index in [1.165, 1.54) is 10.4 Å². The molecule has 1 saturated carbocycles. The highest BCUT2D eigenvalue weighted by Crippen LogP contribution is 2.36. The van der Waals surface area contributed by atoms with Crippen LogP contribution in [0.2, 0.25) is 0 Å². The summed E-state index contributed by atoms with van der Waals surface area (Å²) in [4.78, 5) is 12.7. The summed E-state index contributed by atoms with van der Waals surface area (Å²) in [5.74, 6) is 0.162. The van der Waals surface area contributed by atoms with Crippen LogP contribution in [0.1, 0.15) is 63.2 Å². The third kappa shape index (κ3) is 4.76. The molecule has 1 aliphatic carbocycles. The van der Waals surface area contributed by atoms with E-state index in [0.29, 0.717) is 24.6 Å². The van der Waals surface area contributed by atoms with E-state index in [4.69, 9.17) is 0 Å². The summed E-state index contributed by atoms with van der Waals surface area (Å²) >= 11 is 0. The lowest BCUT2D eigenvalue weighted by Gasteiger charge is -2.34. The van der Waals surface area contributed by atoms with Crippen molar-refractivity contribution in [2.45, 2.75) is 57.8 Å². The number of nitrogens with zero attached hydrogens (tertiary/aromatic N) is 2. The van der Waals surface area contributed by atoms with Crippen molar-refractivity contribution in [1.82, 2.24) is 9.73 Å². The van der Waals surface area contributed by atoms with Gasteiger partial charge in [0.1, 0.15) is 0 Å². The van der Waals surface area contributed by atoms with Crippen molar-refractivity contribution in [3.8, 4) is 0 Å². The predicted octanol–water partition coefficient (Wildman–Crippen LogP) is 3.40. The summed E-state index contributed by atoms with van der Waals surface area (Å²) in [6.07, 6.45) is 4.65. The van der Waals surface area contributed by atoms with E-state index >= 15 is 0 Å². The molecule has 3 rings (SSSR count). The van der Waals surface area contributed by atoms with Crippen molar-refractivity contribution < 1.29 is 13.2 Å². The number of hydrazone groups is 1. The van der Waals surface area contributed by atoms with Crippen LogP contribution in [0.5, 0.6) is 0 Å². The van der Waals surface area contributed by atoms with E-state index in [9.17, 15) is 13.2 Å². The first kappa shape index (κ1) is 20.0. The molecule has 1 N–H and O–H groups in total. The second-order valence-electron chi connectivity index (χ2n) is 8.61. The average molecular weight is 392 g/mol. The Morgan fingerprint density at radius 2 is 1.96 bits per heavy atom. The molecule has 1 aromatic carbocycles. The van der Waals surface area contributed by atoms with Gasteiger partial charge in [0.2, 0.25) is 10.0 Å². The van der Waals surface area contributed by atoms with E-state index in [-0.39, 0.29) is 16.2 Å². The molecule has 0 bridgehead atoms. The Balaban J connectivity index is 1.73. The number of amides is 1. The summed E-state index contributed by atoms with van der Waals surface area (Å²) in [6, 6.07) is 6.21. The Bertz CT molecular complexity index is 840. The van der Waals surface area contributed by atoms with Crippen molar-refractivity contribution >= 4 is 21.6 Å². The van der Waals surface area contributed by atoms with Crippen LogP contribution in [0.4, 0.5) is 0 Å². The van der Waals surface area contributed by atoms with E-state index < -0.39 is 10.0 Å². The molecular weight excluding hydrogens is 362 g/mol. The molecule has 6 nitrogen and oxygen atoms in total. The summed E-state index contributed by atoms with van der Waals surface area (Å²) in [7, 11) is -3.54.